The molecule has 2 fully saturated rings. The fraction of sp³-hybridized carbons (Fsp3) is 0.259. The molecule has 0 unspecified atom stereocenters. The molecule has 12 rings (SSSR count). The van der Waals surface area contributed by atoms with E-state index in [1.165, 1.54) is 35.1 Å². The lowest BCUT2D eigenvalue weighted by molar-refractivity contribution is -0.151. The number of benzene rings is 4. The zero-order chi connectivity index (χ0) is 58.2. The molecule has 2 saturated heterocycles. The van der Waals surface area contributed by atoms with Crippen molar-refractivity contribution in [3.05, 3.63) is 143 Å². The number of piperidine rings is 2. The number of aromatic nitrogens is 10. The van der Waals surface area contributed by atoms with Gasteiger partial charge in [-0.1, -0.05) is 23.2 Å². The topological polar surface area (TPSA) is 219 Å². The van der Waals surface area contributed by atoms with E-state index in [0.717, 1.165) is 0 Å². The van der Waals surface area contributed by atoms with E-state index in [-0.39, 0.29) is 107 Å². The second kappa shape index (κ2) is 28.5. The highest BCUT2D eigenvalue weighted by atomic mass is 35.5. The maximum Gasteiger partial charge on any atom is 0.321 e. The van der Waals surface area contributed by atoms with Crippen molar-refractivity contribution < 1.29 is 51.3 Å². The maximum absolute atomic E-state index is 15.7. The van der Waals surface area contributed by atoms with Crippen LogP contribution in [-0.4, -0.2) is 133 Å². The number of rotatable bonds is 11. The molecule has 29 heteroatoms. The van der Waals surface area contributed by atoms with Gasteiger partial charge in [-0.3, -0.25) is 24.4 Å². The first-order chi connectivity index (χ1) is 40.0. The minimum Gasteiger partial charge on any atom is -0.456 e. The number of aliphatic hydroxyl groups is 1. The van der Waals surface area contributed by atoms with Crippen molar-refractivity contribution in [2.75, 3.05) is 39.4 Å². The van der Waals surface area contributed by atoms with Gasteiger partial charge in [0, 0.05) is 102 Å². The molecule has 19 nitrogen and oxygen atoms in total. The molecule has 6 aromatic heterocycles. The number of fused-ring (bicyclic) bond motifs is 6. The first-order valence-corrected chi connectivity index (χ1v) is 26.8. The van der Waals surface area contributed by atoms with E-state index in [1.807, 2.05) is 4.57 Å². The van der Waals surface area contributed by atoms with Crippen LogP contribution in [0, 0.1) is 25.5 Å². The number of ether oxygens (including phenoxy) is 3. The monoisotopic (exact) mass is 1310 g/mol. The van der Waals surface area contributed by atoms with Crippen molar-refractivity contribution in [2.45, 2.75) is 58.0 Å². The Morgan fingerprint density at radius 2 is 1.00 bits per heavy atom. The van der Waals surface area contributed by atoms with Crippen molar-refractivity contribution in [1.82, 2.24) is 58.8 Å². The highest BCUT2D eigenvalue weighted by Crippen LogP contribution is 2.41. The van der Waals surface area contributed by atoms with Gasteiger partial charge < -0.3 is 38.3 Å². The van der Waals surface area contributed by atoms with E-state index in [2.05, 4.69) is 39.9 Å². The largest absolute Gasteiger partial charge is 0.456 e. The van der Waals surface area contributed by atoms with Gasteiger partial charge in [-0.15, -0.1) is 0 Å². The van der Waals surface area contributed by atoms with Crippen molar-refractivity contribution in [3.8, 4) is 45.8 Å². The van der Waals surface area contributed by atoms with Crippen molar-refractivity contribution in [2.24, 2.45) is 0 Å². The second-order valence-corrected chi connectivity index (χ2v) is 20.5. The highest BCUT2D eigenvalue weighted by molar-refractivity contribution is 7.59. The fourth-order valence-electron chi connectivity index (χ4n) is 10.7. The van der Waals surface area contributed by atoms with Gasteiger partial charge >= 0.3 is 18.0 Å². The van der Waals surface area contributed by atoms with Gasteiger partial charge in [-0.05, 0) is 75.2 Å². The standard InChI is InChI=1S/C30H25ClF2N6O4.C28H23ClF2N6O3.4H2S/c1-16-37-26-13-36-25-12-23(32)20(19-5-4-18(10-22(19)31)43-30-34-7-3-8-35-30)11-21(25)29(26)39(16)27-6-9-38(14-24(27)33)28(41)15-42-17(2)40;1-15-35-24-12-34-23-11-21(30)18(17-4-3-16(9-20(17)29)40-28-32-6-2-7-33-28)10-19(23)27(24)37(15)25-5-8-36(13-22(25)31)26(39)14-38;;;;/h3-5,7-8,10-13,24,27H,6,9,14-15H2,1-2H3;2-4,6-7,9-12,22,25,38H,5,8,13-14H2,1H3;4*1H2/t24-,27-;22-,25-;;;;/m00..../s1. The number of pyridine rings is 2. The van der Waals surface area contributed by atoms with Crippen LogP contribution in [0.1, 0.15) is 43.5 Å². The maximum atomic E-state index is 15.7. The van der Waals surface area contributed by atoms with Gasteiger partial charge in [0.2, 0.25) is 5.91 Å². The van der Waals surface area contributed by atoms with Crippen LogP contribution >= 0.6 is 77.2 Å². The smallest absolute Gasteiger partial charge is 0.321 e. The zero-order valence-corrected chi connectivity index (χ0v) is 51.9. The second-order valence-electron chi connectivity index (χ2n) is 19.7. The van der Waals surface area contributed by atoms with Crippen LogP contribution in [0.3, 0.4) is 0 Å². The molecule has 0 radical (unpaired) electrons. The molecule has 8 heterocycles. The Kier molecular flexibility index (Phi) is 22.0. The van der Waals surface area contributed by atoms with Crippen LogP contribution < -0.4 is 9.47 Å². The van der Waals surface area contributed by atoms with E-state index in [4.69, 9.17) is 37.4 Å². The van der Waals surface area contributed by atoms with Crippen molar-refractivity contribution >= 4 is 139 Å². The SMILES string of the molecule is CC(=O)OCC(=O)N1CC[C@H](n2c(C)nc3cnc4cc(F)c(-c5ccc(Oc6ncccn6)cc5Cl)cc4c32)[C@@H](F)C1.Cc1nc2cnc3cc(F)c(-c4ccc(Oc5ncccn5)cc4Cl)cc3c2n1[C@H]1CCN(C(=O)CO)C[C@@H]1F.S.S.S.S. The molecule has 0 aliphatic carbocycles. The van der Waals surface area contributed by atoms with Crippen LogP contribution in [0.4, 0.5) is 17.6 Å². The van der Waals surface area contributed by atoms with Gasteiger partial charge in [0.25, 0.3) is 5.91 Å². The first kappa shape index (κ1) is 67.0. The summed E-state index contributed by atoms with van der Waals surface area (Å²) in [6.07, 6.45) is 7.08. The summed E-state index contributed by atoms with van der Waals surface area (Å²) in [6.45, 7) is 3.93. The van der Waals surface area contributed by atoms with Gasteiger partial charge in [-0.2, -0.15) is 54.0 Å². The van der Waals surface area contributed by atoms with Crippen LogP contribution in [0.5, 0.6) is 23.5 Å². The Balaban J connectivity index is 0.000000238. The van der Waals surface area contributed by atoms with E-state index in [1.54, 1.807) is 110 Å². The minimum atomic E-state index is -1.43. The number of nitrogens with zero attached hydrogens (tertiary/aromatic N) is 12. The van der Waals surface area contributed by atoms with E-state index < -0.39 is 67.1 Å². The molecule has 10 aromatic rings. The molecule has 1 N–H and O–H groups in total. The summed E-state index contributed by atoms with van der Waals surface area (Å²) in [5.41, 5.74) is 4.37. The number of esters is 1. The third kappa shape index (κ3) is 13.9. The summed E-state index contributed by atoms with van der Waals surface area (Å²) in [6, 6.07) is 18.0. The Morgan fingerprint density at radius 3 is 1.38 bits per heavy atom. The summed E-state index contributed by atoms with van der Waals surface area (Å²) >= 11 is 13.2. The third-order valence-corrected chi connectivity index (χ3v) is 15.1. The summed E-state index contributed by atoms with van der Waals surface area (Å²) in [4.78, 5) is 72.2. The summed E-state index contributed by atoms with van der Waals surface area (Å²) < 4.78 is 81.8. The lowest BCUT2D eigenvalue weighted by Crippen LogP contribution is -2.47. The Hall–Kier alpha value is -7.53. The molecular formula is C58H56Cl2F4N12O7S4. The molecule has 2 aliphatic heterocycles. The quantitative estimate of drug-likeness (QED) is 0.0940. The van der Waals surface area contributed by atoms with Crippen molar-refractivity contribution in [3.63, 3.8) is 0 Å². The number of hydrogen-bond acceptors (Lipinski definition) is 15. The molecule has 0 saturated carbocycles. The number of likely N-dealkylation sites (tertiary alicyclic amines) is 2. The number of alkyl halides is 2. The van der Waals surface area contributed by atoms with Crippen LogP contribution in [0.25, 0.3) is 66.1 Å². The van der Waals surface area contributed by atoms with Crippen LogP contribution in [-0.2, 0) is 19.1 Å². The van der Waals surface area contributed by atoms with Crippen molar-refractivity contribution in [1.29, 1.82) is 0 Å². The van der Waals surface area contributed by atoms with E-state index in [9.17, 15) is 19.5 Å². The van der Waals surface area contributed by atoms with Gasteiger partial charge in [-0.25, -0.2) is 47.5 Å². The van der Waals surface area contributed by atoms with Crippen LogP contribution in [0.15, 0.2) is 110 Å². The molecule has 0 spiro atoms. The lowest BCUT2D eigenvalue weighted by atomic mass is 10.00. The number of amides is 2. The average molecular weight is 1310 g/mol. The molecule has 2 amide bonds. The summed E-state index contributed by atoms with van der Waals surface area (Å²) in [5, 5.41) is 10.8. The molecule has 87 heavy (non-hydrogen) atoms. The van der Waals surface area contributed by atoms with Gasteiger partial charge in [0.05, 0.1) is 69.7 Å². The number of aryl methyl sites for hydroxylation is 2. The molecule has 2 aliphatic rings. The van der Waals surface area contributed by atoms with Gasteiger partial charge in [0.1, 0.15) is 64.8 Å². The normalized spacial score (nSPS) is 16.4. The third-order valence-electron chi connectivity index (χ3n) is 14.4. The Morgan fingerprint density at radius 1 is 0.586 bits per heavy atom. The van der Waals surface area contributed by atoms with Gasteiger partial charge in [0.15, 0.2) is 6.61 Å². The molecule has 456 valence electrons. The molecular weight excluding hydrogens is 1250 g/mol. The number of carbonyl (C=O) groups excluding carboxylic acids is 3. The fourth-order valence-corrected chi connectivity index (χ4v) is 11.2. The predicted octanol–water partition coefficient (Wildman–Crippen LogP) is 11.1. The molecule has 4 aromatic carbocycles. The average Bonchev–Trinajstić information content (AvgIpc) is 1.75. The Labute approximate surface area is 532 Å². The Bertz CT molecular complexity index is 4170. The number of imidazole rings is 2. The van der Waals surface area contributed by atoms with Crippen LogP contribution in [0.2, 0.25) is 10.0 Å². The number of carbonyl (C=O) groups is 3. The number of halogens is 6. The zero-order valence-electron chi connectivity index (χ0n) is 46.4. The number of aliphatic hydroxyl groups excluding tert-OH is 1. The van der Waals surface area contributed by atoms with E-state index in [0.29, 0.717) is 97.5 Å². The highest BCUT2D eigenvalue weighted by Gasteiger charge is 2.37. The predicted molar refractivity (Wildman–Crippen MR) is 340 cm³/mol. The summed E-state index contributed by atoms with van der Waals surface area (Å²) in [7, 11) is 0. The molecule has 4 atom stereocenters. The first-order valence-electron chi connectivity index (χ1n) is 26.0. The lowest BCUT2D eigenvalue weighted by Gasteiger charge is -2.36. The number of hydrogen-bond donors (Lipinski definition) is 1. The summed E-state index contributed by atoms with van der Waals surface area (Å²) in [5.74, 6) is -0.697. The minimum absolute atomic E-state index is 0. The van der Waals surface area contributed by atoms with E-state index >= 15 is 17.6 Å². The molecule has 0 bridgehead atoms.